The van der Waals surface area contributed by atoms with Gasteiger partial charge in [-0.3, -0.25) is 9.13 Å². The number of nitrogens with zero attached hydrogens (tertiary/aromatic N) is 7. The van der Waals surface area contributed by atoms with Crippen LogP contribution in [0.1, 0.15) is 60.9 Å². The molecule has 0 aliphatic heterocycles. The molecule has 0 bridgehead atoms. The molecular formula is C23H30N8O2S2. The van der Waals surface area contributed by atoms with Crippen LogP contribution in [-0.4, -0.2) is 53.1 Å². The fourth-order valence-corrected chi connectivity index (χ4v) is 4.51. The standard InChI is InChI=1S/C12H16N4OS.C11H14N4OS/c1-9(2)11-14-10(7-18-11)6-15(3)12(17)16-5-4-13-8-16;1-8(2)10-14-9(6-17-10)5-13-11(16)15-4-3-12-7-15/h4-5,7-9H,6H2,1-3H3;3-4,6-8H,5H2,1-2H3,(H,13,16). The largest absolute Gasteiger partial charge is 0.332 e. The highest BCUT2D eigenvalue weighted by Gasteiger charge is 2.13. The lowest BCUT2D eigenvalue weighted by Crippen LogP contribution is -2.29. The van der Waals surface area contributed by atoms with Crippen LogP contribution in [0.25, 0.3) is 0 Å². The minimum Gasteiger partial charge on any atom is -0.332 e. The van der Waals surface area contributed by atoms with Crippen molar-refractivity contribution in [1.29, 1.82) is 0 Å². The van der Waals surface area contributed by atoms with Gasteiger partial charge in [-0.2, -0.15) is 0 Å². The van der Waals surface area contributed by atoms with Gasteiger partial charge in [-0.1, -0.05) is 27.7 Å². The summed E-state index contributed by atoms with van der Waals surface area (Å²) in [4.78, 5) is 41.8. The average molecular weight is 515 g/mol. The summed E-state index contributed by atoms with van der Waals surface area (Å²) in [6, 6.07) is -0.298. The minimum atomic E-state index is -0.193. The molecule has 1 N–H and O–H groups in total. The van der Waals surface area contributed by atoms with Crippen molar-refractivity contribution in [3.63, 3.8) is 0 Å². The van der Waals surface area contributed by atoms with E-state index in [9.17, 15) is 9.59 Å². The molecule has 35 heavy (non-hydrogen) atoms. The zero-order chi connectivity index (χ0) is 25.4. The van der Waals surface area contributed by atoms with Crippen LogP contribution in [0.5, 0.6) is 0 Å². The highest BCUT2D eigenvalue weighted by Crippen LogP contribution is 2.20. The summed E-state index contributed by atoms with van der Waals surface area (Å²) in [6.07, 6.45) is 9.37. The third-order valence-corrected chi connectivity index (χ3v) is 7.13. The minimum absolute atomic E-state index is 0.105. The van der Waals surface area contributed by atoms with E-state index in [1.165, 1.54) is 21.8 Å². The molecule has 0 unspecified atom stereocenters. The summed E-state index contributed by atoms with van der Waals surface area (Å²) in [5.41, 5.74) is 1.83. The first-order valence-electron chi connectivity index (χ1n) is 11.1. The number of nitrogens with one attached hydrogen (secondary N) is 1. The summed E-state index contributed by atoms with van der Waals surface area (Å²) >= 11 is 3.27. The molecule has 0 radical (unpaired) electrons. The molecule has 4 rings (SSSR count). The van der Waals surface area contributed by atoms with E-state index < -0.39 is 0 Å². The number of imidazole rings is 2. The highest BCUT2D eigenvalue weighted by molar-refractivity contribution is 7.10. The summed E-state index contributed by atoms with van der Waals surface area (Å²) in [5.74, 6) is 0.858. The van der Waals surface area contributed by atoms with E-state index in [0.29, 0.717) is 24.9 Å². The molecule has 0 saturated heterocycles. The summed E-state index contributed by atoms with van der Waals surface area (Å²) < 4.78 is 2.85. The molecule has 0 spiro atoms. The zero-order valence-corrected chi connectivity index (χ0v) is 22.1. The van der Waals surface area contributed by atoms with E-state index in [2.05, 4.69) is 52.9 Å². The van der Waals surface area contributed by atoms with Gasteiger partial charge >= 0.3 is 12.1 Å². The Bertz CT molecular complexity index is 1200. The molecule has 4 heterocycles. The smallest absolute Gasteiger partial charge is 0.329 e. The van der Waals surface area contributed by atoms with Gasteiger partial charge in [0, 0.05) is 54.4 Å². The second kappa shape index (κ2) is 12.4. The van der Waals surface area contributed by atoms with Gasteiger partial charge in [0.15, 0.2) is 0 Å². The van der Waals surface area contributed by atoms with Gasteiger partial charge < -0.3 is 10.2 Å². The first-order chi connectivity index (χ1) is 16.7. The molecule has 2 amide bonds. The van der Waals surface area contributed by atoms with Crippen molar-refractivity contribution < 1.29 is 9.59 Å². The van der Waals surface area contributed by atoms with Gasteiger partial charge in [0.2, 0.25) is 0 Å². The molecule has 4 aromatic heterocycles. The van der Waals surface area contributed by atoms with Gasteiger partial charge in [0.05, 0.1) is 34.5 Å². The molecule has 0 atom stereocenters. The first-order valence-corrected chi connectivity index (χ1v) is 12.9. The Kier molecular flexibility index (Phi) is 9.26. The summed E-state index contributed by atoms with van der Waals surface area (Å²) in [7, 11) is 1.76. The molecule has 0 saturated carbocycles. The van der Waals surface area contributed by atoms with Gasteiger partial charge in [0.25, 0.3) is 0 Å². The van der Waals surface area contributed by atoms with Crippen LogP contribution in [0.4, 0.5) is 9.59 Å². The predicted molar refractivity (Wildman–Crippen MR) is 137 cm³/mol. The molecule has 0 aromatic carbocycles. The molecule has 10 nitrogen and oxygen atoms in total. The Morgan fingerprint density at radius 2 is 1.46 bits per heavy atom. The first kappa shape index (κ1) is 26.2. The van der Waals surface area contributed by atoms with Gasteiger partial charge in [-0.25, -0.2) is 29.5 Å². The second-order valence-corrected chi connectivity index (χ2v) is 10.2. The summed E-state index contributed by atoms with van der Waals surface area (Å²) in [6.45, 7) is 9.39. The second-order valence-electron chi connectivity index (χ2n) is 8.40. The maximum atomic E-state index is 12.0. The molecule has 4 aromatic rings. The van der Waals surface area contributed by atoms with Gasteiger partial charge in [0.1, 0.15) is 12.7 Å². The lowest BCUT2D eigenvalue weighted by Gasteiger charge is -2.15. The fraction of sp³-hybridized carbons (Fsp3) is 0.391. The number of amides is 2. The van der Waals surface area contributed by atoms with E-state index >= 15 is 0 Å². The number of aromatic nitrogens is 6. The monoisotopic (exact) mass is 514 g/mol. The number of rotatable bonds is 6. The Hall–Kier alpha value is -3.38. The van der Waals surface area contributed by atoms with E-state index in [4.69, 9.17) is 0 Å². The van der Waals surface area contributed by atoms with E-state index in [0.717, 1.165) is 21.4 Å². The van der Waals surface area contributed by atoms with Gasteiger partial charge in [-0.05, 0) is 0 Å². The van der Waals surface area contributed by atoms with E-state index in [1.807, 2.05) is 10.8 Å². The SMILES string of the molecule is CC(C)c1nc(CN(C)C(=O)n2ccnc2)cs1.CC(C)c1nc(CNC(=O)n2ccnc2)cs1. The maximum Gasteiger partial charge on any atom is 0.329 e. The van der Waals surface area contributed by atoms with Crippen molar-refractivity contribution in [2.75, 3.05) is 7.05 Å². The molecule has 0 fully saturated rings. The van der Waals surface area contributed by atoms with E-state index in [-0.39, 0.29) is 12.1 Å². The quantitative estimate of drug-likeness (QED) is 0.396. The zero-order valence-electron chi connectivity index (χ0n) is 20.5. The van der Waals surface area contributed by atoms with Crippen molar-refractivity contribution in [1.82, 2.24) is 39.3 Å². The number of hydrogen-bond acceptors (Lipinski definition) is 8. The van der Waals surface area contributed by atoms with Gasteiger partial charge in [-0.15, -0.1) is 22.7 Å². The Morgan fingerprint density at radius 3 is 1.97 bits per heavy atom. The summed E-state index contributed by atoms with van der Waals surface area (Å²) in [5, 5.41) is 8.96. The average Bonchev–Trinajstić information content (AvgIpc) is 3.64. The number of carbonyl (C=O) groups is 2. The van der Waals surface area contributed by atoms with Crippen LogP contribution >= 0.6 is 22.7 Å². The predicted octanol–water partition coefficient (Wildman–Crippen LogP) is 4.78. The Morgan fingerprint density at radius 1 is 0.914 bits per heavy atom. The van der Waals surface area contributed by atoms with Crippen molar-refractivity contribution in [2.24, 2.45) is 0 Å². The molecule has 0 aliphatic rings. The number of hydrogen-bond donors (Lipinski definition) is 1. The Labute approximate surface area is 212 Å². The molecule has 12 heteroatoms. The van der Waals surface area contributed by atoms with E-state index in [1.54, 1.807) is 59.4 Å². The number of carbonyl (C=O) groups excluding carboxylic acids is 2. The van der Waals surface area contributed by atoms with Crippen molar-refractivity contribution in [3.05, 3.63) is 69.6 Å². The highest BCUT2D eigenvalue weighted by atomic mass is 32.1. The van der Waals surface area contributed by atoms with Crippen LogP contribution in [0.15, 0.2) is 48.2 Å². The van der Waals surface area contributed by atoms with Crippen LogP contribution < -0.4 is 5.32 Å². The normalized spacial score (nSPS) is 10.8. The lowest BCUT2D eigenvalue weighted by atomic mass is 10.2. The molecular weight excluding hydrogens is 484 g/mol. The number of thiazole rings is 2. The van der Waals surface area contributed by atoms with Crippen molar-refractivity contribution >= 4 is 34.7 Å². The van der Waals surface area contributed by atoms with Crippen LogP contribution in [0, 0.1) is 0 Å². The third-order valence-electron chi connectivity index (χ3n) is 4.74. The van der Waals surface area contributed by atoms with Crippen LogP contribution in [-0.2, 0) is 13.1 Å². The molecule has 0 aliphatic carbocycles. The topological polar surface area (TPSA) is 111 Å². The Balaban J connectivity index is 0.000000196. The maximum absolute atomic E-state index is 12.0. The third kappa shape index (κ3) is 7.55. The van der Waals surface area contributed by atoms with Crippen molar-refractivity contribution in [3.8, 4) is 0 Å². The molecule has 186 valence electrons. The van der Waals surface area contributed by atoms with Crippen LogP contribution in [0.3, 0.4) is 0 Å². The fourth-order valence-electron chi connectivity index (χ4n) is 2.85. The van der Waals surface area contributed by atoms with Crippen LogP contribution in [0.2, 0.25) is 0 Å². The van der Waals surface area contributed by atoms with Crippen molar-refractivity contribution in [2.45, 2.75) is 52.6 Å². The lowest BCUT2D eigenvalue weighted by molar-refractivity contribution is 0.208.